The number of aliphatic hydroxyl groups excluding tert-OH is 2. The van der Waals surface area contributed by atoms with Crippen molar-refractivity contribution < 1.29 is 15.0 Å². The van der Waals surface area contributed by atoms with Crippen LogP contribution < -0.4 is 11.1 Å². The number of amides is 1. The molecule has 13 heavy (non-hydrogen) atoms. The summed E-state index contributed by atoms with van der Waals surface area (Å²) in [5, 5.41) is 20.7. The Bertz CT molecular complexity index is 169. The van der Waals surface area contributed by atoms with Gasteiger partial charge in [-0.15, -0.1) is 0 Å². The maximum atomic E-state index is 10.7. The molecule has 0 saturated heterocycles. The molecule has 5 heteroatoms. The predicted octanol–water partition coefficient (Wildman–Crippen LogP) is -1.56. The summed E-state index contributed by atoms with van der Waals surface area (Å²) in [6.07, 6.45) is 0. The van der Waals surface area contributed by atoms with Gasteiger partial charge in [0.1, 0.15) is 0 Å². The van der Waals surface area contributed by atoms with Crippen molar-refractivity contribution in [1.29, 1.82) is 0 Å². The Labute approximate surface area is 77.9 Å². The Morgan fingerprint density at radius 1 is 1.54 bits per heavy atom. The van der Waals surface area contributed by atoms with Gasteiger partial charge in [-0.2, -0.15) is 0 Å². The molecule has 0 rings (SSSR count). The molecule has 0 spiro atoms. The van der Waals surface area contributed by atoms with Gasteiger partial charge in [0.2, 0.25) is 5.91 Å². The van der Waals surface area contributed by atoms with Crippen LogP contribution in [0.25, 0.3) is 0 Å². The van der Waals surface area contributed by atoms with Crippen molar-refractivity contribution in [3.05, 3.63) is 0 Å². The largest absolute Gasteiger partial charge is 0.394 e. The van der Waals surface area contributed by atoms with Crippen molar-refractivity contribution in [3.8, 4) is 0 Å². The molecule has 1 unspecified atom stereocenters. The molecule has 0 heterocycles. The van der Waals surface area contributed by atoms with E-state index >= 15 is 0 Å². The smallest absolute Gasteiger partial charge is 0.221 e. The highest BCUT2D eigenvalue weighted by atomic mass is 16.3. The van der Waals surface area contributed by atoms with E-state index in [0.717, 1.165) is 0 Å². The summed E-state index contributed by atoms with van der Waals surface area (Å²) in [6.45, 7) is 3.34. The van der Waals surface area contributed by atoms with E-state index in [9.17, 15) is 4.79 Å². The first kappa shape index (κ1) is 12.3. The Hall–Kier alpha value is -0.650. The summed E-state index contributed by atoms with van der Waals surface area (Å²) in [5.41, 5.74) is 4.30. The lowest BCUT2D eigenvalue weighted by Crippen LogP contribution is -2.51. The fraction of sp³-hybridized carbons (Fsp3) is 0.875. The predicted molar refractivity (Wildman–Crippen MR) is 48.9 cm³/mol. The summed E-state index contributed by atoms with van der Waals surface area (Å²) in [5.74, 6) is -0.705. The van der Waals surface area contributed by atoms with Gasteiger partial charge in [-0.25, -0.2) is 0 Å². The van der Waals surface area contributed by atoms with Crippen LogP contribution in [0.3, 0.4) is 0 Å². The third-order valence-corrected chi connectivity index (χ3v) is 2.02. The van der Waals surface area contributed by atoms with Crippen molar-refractivity contribution in [2.24, 2.45) is 11.7 Å². The molecule has 1 atom stereocenters. The van der Waals surface area contributed by atoms with Crippen LogP contribution in [0.4, 0.5) is 0 Å². The lowest BCUT2D eigenvalue weighted by atomic mass is 10.0. The molecule has 0 aromatic heterocycles. The fourth-order valence-corrected chi connectivity index (χ4v) is 0.662. The normalized spacial score (nSPS) is 14.2. The molecule has 0 saturated carbocycles. The summed E-state index contributed by atoms with van der Waals surface area (Å²) in [4.78, 5) is 10.7. The monoisotopic (exact) mass is 190 g/mol. The van der Waals surface area contributed by atoms with Gasteiger partial charge in [-0.1, -0.05) is 6.92 Å². The molecule has 5 N–H and O–H groups in total. The van der Waals surface area contributed by atoms with Crippen LogP contribution in [-0.2, 0) is 4.79 Å². The average molecular weight is 190 g/mol. The van der Waals surface area contributed by atoms with Crippen LogP contribution in [0.1, 0.15) is 13.8 Å². The number of carbonyl (C=O) groups excluding carboxylic acids is 1. The average Bonchev–Trinajstić information content (AvgIpc) is 2.13. The molecule has 0 aromatic rings. The zero-order valence-corrected chi connectivity index (χ0v) is 8.08. The van der Waals surface area contributed by atoms with Gasteiger partial charge in [0.05, 0.1) is 18.8 Å². The highest BCUT2D eigenvalue weighted by Crippen LogP contribution is 2.02. The number of rotatable bonds is 6. The van der Waals surface area contributed by atoms with Crippen LogP contribution in [0.15, 0.2) is 0 Å². The maximum Gasteiger partial charge on any atom is 0.221 e. The van der Waals surface area contributed by atoms with E-state index < -0.39 is 11.4 Å². The van der Waals surface area contributed by atoms with Gasteiger partial charge < -0.3 is 21.3 Å². The second-order valence-electron chi connectivity index (χ2n) is 3.56. The standard InChI is InChI=1S/C8H18N2O3/c1-6(7(9)13)3-10-8(2,4-11)5-12/h6,10-12H,3-5H2,1-2H3,(H2,9,13). The Morgan fingerprint density at radius 3 is 2.31 bits per heavy atom. The molecule has 0 aliphatic heterocycles. The number of aliphatic hydroxyl groups is 2. The third kappa shape index (κ3) is 4.21. The molecule has 0 radical (unpaired) electrons. The van der Waals surface area contributed by atoms with Gasteiger partial charge in [-0.05, 0) is 6.92 Å². The fourth-order valence-electron chi connectivity index (χ4n) is 0.662. The van der Waals surface area contributed by atoms with Crippen LogP contribution in [0, 0.1) is 5.92 Å². The lowest BCUT2D eigenvalue weighted by Gasteiger charge is -2.27. The van der Waals surface area contributed by atoms with Crippen molar-refractivity contribution in [2.75, 3.05) is 19.8 Å². The van der Waals surface area contributed by atoms with Gasteiger partial charge >= 0.3 is 0 Å². The van der Waals surface area contributed by atoms with Gasteiger partial charge in [0.15, 0.2) is 0 Å². The summed E-state index contributed by atoms with van der Waals surface area (Å²) < 4.78 is 0. The third-order valence-electron chi connectivity index (χ3n) is 2.02. The van der Waals surface area contributed by atoms with E-state index in [1.807, 2.05) is 0 Å². The molecular formula is C8H18N2O3. The Morgan fingerprint density at radius 2 is 2.00 bits per heavy atom. The minimum Gasteiger partial charge on any atom is -0.394 e. The topological polar surface area (TPSA) is 95.6 Å². The van der Waals surface area contributed by atoms with Crippen molar-refractivity contribution in [2.45, 2.75) is 19.4 Å². The quantitative estimate of drug-likeness (QED) is 0.407. The first-order valence-electron chi connectivity index (χ1n) is 4.21. The molecular weight excluding hydrogens is 172 g/mol. The molecule has 0 aromatic carbocycles. The highest BCUT2D eigenvalue weighted by molar-refractivity contribution is 5.76. The van der Waals surface area contributed by atoms with E-state index in [1.54, 1.807) is 13.8 Å². The van der Waals surface area contributed by atoms with Crippen LogP contribution in [0.5, 0.6) is 0 Å². The van der Waals surface area contributed by atoms with E-state index in [0.29, 0.717) is 6.54 Å². The van der Waals surface area contributed by atoms with Crippen LogP contribution in [0.2, 0.25) is 0 Å². The molecule has 0 aliphatic carbocycles. The number of primary amides is 1. The maximum absolute atomic E-state index is 10.7. The van der Waals surface area contributed by atoms with Gasteiger partial charge in [0, 0.05) is 12.5 Å². The van der Waals surface area contributed by atoms with E-state index in [-0.39, 0.29) is 19.1 Å². The zero-order valence-electron chi connectivity index (χ0n) is 8.08. The molecule has 1 amide bonds. The SMILES string of the molecule is CC(CNC(C)(CO)CO)C(N)=O. The van der Waals surface area contributed by atoms with E-state index in [2.05, 4.69) is 5.32 Å². The number of hydrogen-bond donors (Lipinski definition) is 4. The highest BCUT2D eigenvalue weighted by Gasteiger charge is 2.22. The van der Waals surface area contributed by atoms with Crippen LogP contribution in [-0.4, -0.2) is 41.4 Å². The minimum atomic E-state index is -0.746. The first-order chi connectivity index (χ1) is 5.95. The molecule has 0 fully saturated rings. The molecule has 78 valence electrons. The van der Waals surface area contributed by atoms with Crippen molar-refractivity contribution in [1.82, 2.24) is 5.32 Å². The van der Waals surface area contributed by atoms with Crippen molar-refractivity contribution in [3.63, 3.8) is 0 Å². The van der Waals surface area contributed by atoms with Crippen molar-refractivity contribution >= 4 is 5.91 Å². The molecule has 5 nitrogen and oxygen atoms in total. The van der Waals surface area contributed by atoms with Gasteiger partial charge in [-0.3, -0.25) is 4.79 Å². The number of carbonyl (C=O) groups is 1. The Balaban J connectivity index is 3.92. The second kappa shape index (κ2) is 5.16. The Kier molecular flexibility index (Phi) is 4.90. The number of nitrogens with one attached hydrogen (secondary N) is 1. The van der Waals surface area contributed by atoms with Crippen LogP contribution >= 0.6 is 0 Å². The number of nitrogens with two attached hydrogens (primary N) is 1. The summed E-state index contributed by atoms with van der Waals surface area (Å²) in [6, 6.07) is 0. The first-order valence-corrected chi connectivity index (χ1v) is 4.21. The van der Waals surface area contributed by atoms with Gasteiger partial charge in [0.25, 0.3) is 0 Å². The number of hydrogen-bond acceptors (Lipinski definition) is 4. The minimum absolute atomic E-state index is 0.186. The zero-order chi connectivity index (χ0) is 10.5. The summed E-state index contributed by atoms with van der Waals surface area (Å²) in [7, 11) is 0. The summed E-state index contributed by atoms with van der Waals surface area (Å²) >= 11 is 0. The molecule has 0 bridgehead atoms. The van der Waals surface area contributed by atoms with E-state index in [1.165, 1.54) is 0 Å². The van der Waals surface area contributed by atoms with E-state index in [4.69, 9.17) is 15.9 Å². The lowest BCUT2D eigenvalue weighted by molar-refractivity contribution is -0.121. The molecule has 0 aliphatic rings. The second-order valence-corrected chi connectivity index (χ2v) is 3.56.